The van der Waals surface area contributed by atoms with Gasteiger partial charge < -0.3 is 5.73 Å². The molecule has 2 N–H and O–H groups in total. The highest BCUT2D eigenvalue weighted by molar-refractivity contribution is 5.48. The van der Waals surface area contributed by atoms with E-state index in [-0.39, 0.29) is 0 Å². The maximum Gasteiger partial charge on any atom is 0.0349 e. The van der Waals surface area contributed by atoms with Crippen molar-refractivity contribution in [1.82, 2.24) is 0 Å². The summed E-state index contributed by atoms with van der Waals surface area (Å²) in [7, 11) is 0. The Hall–Kier alpha value is -0.980. The molecule has 0 saturated carbocycles. The first-order valence-corrected chi connectivity index (χ1v) is 8.08. The van der Waals surface area contributed by atoms with Crippen molar-refractivity contribution >= 4 is 5.69 Å². The molecule has 0 aliphatic rings. The summed E-state index contributed by atoms with van der Waals surface area (Å²) in [6, 6.07) is 8.44. The molecule has 1 nitrogen and oxygen atoms in total. The molecule has 19 heavy (non-hydrogen) atoms. The molecule has 0 radical (unpaired) electrons. The Morgan fingerprint density at radius 2 is 1.68 bits per heavy atom. The number of nitrogens with two attached hydrogens (primary N) is 1. The summed E-state index contributed by atoms with van der Waals surface area (Å²) in [5.41, 5.74) is 8.54. The van der Waals surface area contributed by atoms with Gasteiger partial charge in [0.2, 0.25) is 0 Å². The van der Waals surface area contributed by atoms with Gasteiger partial charge >= 0.3 is 0 Å². The van der Waals surface area contributed by atoms with E-state index >= 15 is 0 Å². The smallest absolute Gasteiger partial charge is 0.0349 e. The van der Waals surface area contributed by atoms with E-state index in [1.165, 1.54) is 50.5 Å². The highest BCUT2D eigenvalue weighted by atomic mass is 14.6. The van der Waals surface area contributed by atoms with Crippen LogP contribution in [-0.4, -0.2) is 0 Å². The van der Waals surface area contributed by atoms with E-state index in [2.05, 4.69) is 32.9 Å². The fraction of sp³-hybridized carbons (Fsp3) is 0.667. The third-order valence-corrected chi connectivity index (χ3v) is 4.24. The fourth-order valence-corrected chi connectivity index (χ4v) is 3.23. The first-order chi connectivity index (χ1) is 9.24. The highest BCUT2D eigenvalue weighted by Crippen LogP contribution is 2.37. The minimum absolute atomic E-state index is 0.637. The van der Waals surface area contributed by atoms with Gasteiger partial charge in [-0.25, -0.2) is 0 Å². The summed E-state index contributed by atoms with van der Waals surface area (Å²) in [6.45, 7) is 6.88. The van der Waals surface area contributed by atoms with Gasteiger partial charge in [0.1, 0.15) is 0 Å². The minimum atomic E-state index is 0.637. The molecule has 0 aliphatic heterocycles. The molecule has 0 fully saturated rings. The molecule has 1 aromatic carbocycles. The largest absolute Gasteiger partial charge is 0.398 e. The number of unbranched alkanes of at least 4 members (excludes halogenated alkanes) is 2. The van der Waals surface area contributed by atoms with E-state index in [4.69, 9.17) is 5.73 Å². The zero-order chi connectivity index (χ0) is 14.1. The molecule has 1 rings (SSSR count). The second-order valence-electron chi connectivity index (χ2n) is 5.69. The third-order valence-electron chi connectivity index (χ3n) is 4.24. The topological polar surface area (TPSA) is 26.0 Å². The average Bonchev–Trinajstić information content (AvgIpc) is 2.42. The SMILES string of the molecule is CCCCCC(CCC)[C@@H](CC)c1ccccc1N. The van der Waals surface area contributed by atoms with Crippen molar-refractivity contribution in [3.8, 4) is 0 Å². The van der Waals surface area contributed by atoms with E-state index in [1.54, 1.807) is 0 Å². The molecule has 0 spiro atoms. The van der Waals surface area contributed by atoms with Crippen LogP contribution in [0.3, 0.4) is 0 Å². The second kappa shape index (κ2) is 9.01. The van der Waals surface area contributed by atoms with Crippen LogP contribution >= 0.6 is 0 Å². The van der Waals surface area contributed by atoms with Crippen molar-refractivity contribution in [2.75, 3.05) is 5.73 Å². The summed E-state index contributed by atoms with van der Waals surface area (Å²) in [4.78, 5) is 0. The van der Waals surface area contributed by atoms with Gasteiger partial charge in [-0.2, -0.15) is 0 Å². The number of rotatable bonds is 9. The van der Waals surface area contributed by atoms with E-state index < -0.39 is 0 Å². The van der Waals surface area contributed by atoms with Crippen molar-refractivity contribution in [2.45, 2.75) is 71.6 Å². The fourth-order valence-electron chi connectivity index (χ4n) is 3.23. The monoisotopic (exact) mass is 261 g/mol. The number of hydrogen-bond acceptors (Lipinski definition) is 1. The molecule has 0 bridgehead atoms. The lowest BCUT2D eigenvalue weighted by molar-refractivity contribution is 0.346. The lowest BCUT2D eigenvalue weighted by atomic mass is 9.78. The lowest BCUT2D eigenvalue weighted by Gasteiger charge is -2.27. The van der Waals surface area contributed by atoms with E-state index in [0.29, 0.717) is 5.92 Å². The van der Waals surface area contributed by atoms with Gasteiger partial charge in [-0.1, -0.05) is 71.1 Å². The average molecular weight is 261 g/mol. The van der Waals surface area contributed by atoms with E-state index in [1.807, 2.05) is 12.1 Å². The Balaban J connectivity index is 2.80. The van der Waals surface area contributed by atoms with Gasteiger partial charge in [-0.15, -0.1) is 0 Å². The van der Waals surface area contributed by atoms with Crippen molar-refractivity contribution in [2.24, 2.45) is 5.92 Å². The van der Waals surface area contributed by atoms with Crippen LogP contribution in [0.1, 0.15) is 77.2 Å². The van der Waals surface area contributed by atoms with Crippen LogP contribution in [0.4, 0.5) is 5.69 Å². The van der Waals surface area contributed by atoms with Crippen LogP contribution < -0.4 is 5.73 Å². The molecule has 2 atom stereocenters. The van der Waals surface area contributed by atoms with E-state index in [9.17, 15) is 0 Å². The van der Waals surface area contributed by atoms with Gasteiger partial charge in [0.05, 0.1) is 0 Å². The number of para-hydroxylation sites is 1. The zero-order valence-corrected chi connectivity index (χ0v) is 13.0. The highest BCUT2D eigenvalue weighted by Gasteiger charge is 2.22. The minimum Gasteiger partial charge on any atom is -0.398 e. The first-order valence-electron chi connectivity index (χ1n) is 8.08. The third kappa shape index (κ3) is 4.89. The van der Waals surface area contributed by atoms with Crippen LogP contribution in [0.25, 0.3) is 0 Å². The molecular formula is C18H31N. The summed E-state index contributed by atoms with van der Waals surface area (Å²) < 4.78 is 0. The predicted molar refractivity (Wildman–Crippen MR) is 86.4 cm³/mol. The lowest BCUT2D eigenvalue weighted by Crippen LogP contribution is -2.14. The number of nitrogen functional groups attached to an aromatic ring is 1. The molecular weight excluding hydrogens is 230 g/mol. The van der Waals surface area contributed by atoms with Gasteiger partial charge in [-0.05, 0) is 36.3 Å². The summed E-state index contributed by atoms with van der Waals surface area (Å²) in [5, 5.41) is 0. The Kier molecular flexibility index (Phi) is 7.62. The van der Waals surface area contributed by atoms with Gasteiger partial charge in [0, 0.05) is 5.69 Å². The van der Waals surface area contributed by atoms with Gasteiger partial charge in [-0.3, -0.25) is 0 Å². The number of benzene rings is 1. The zero-order valence-electron chi connectivity index (χ0n) is 13.0. The number of hydrogen-bond donors (Lipinski definition) is 1. The molecule has 1 aromatic rings. The van der Waals surface area contributed by atoms with Crippen LogP contribution in [0.5, 0.6) is 0 Å². The summed E-state index contributed by atoms with van der Waals surface area (Å²) in [5.74, 6) is 1.43. The Labute approximate surface area is 119 Å². The standard InChI is InChI=1S/C18H31N/c1-4-7-8-12-15(11-5-2)16(6-3)17-13-9-10-14-18(17)19/h9-10,13-16H,4-8,11-12,19H2,1-3H3/t15?,16-/m1/s1. The summed E-state index contributed by atoms with van der Waals surface area (Å²) in [6.07, 6.45) is 9.20. The first kappa shape index (κ1) is 16.1. The van der Waals surface area contributed by atoms with Gasteiger partial charge in [0.25, 0.3) is 0 Å². The Bertz CT molecular complexity index is 345. The van der Waals surface area contributed by atoms with Crippen molar-refractivity contribution in [3.05, 3.63) is 29.8 Å². The van der Waals surface area contributed by atoms with Crippen LogP contribution in [0.15, 0.2) is 24.3 Å². The Morgan fingerprint density at radius 3 is 2.26 bits per heavy atom. The van der Waals surface area contributed by atoms with E-state index in [0.717, 1.165) is 11.6 Å². The molecule has 0 aliphatic carbocycles. The summed E-state index contributed by atoms with van der Waals surface area (Å²) >= 11 is 0. The maximum absolute atomic E-state index is 6.19. The van der Waals surface area contributed by atoms with Crippen LogP contribution in [0, 0.1) is 5.92 Å². The van der Waals surface area contributed by atoms with Crippen molar-refractivity contribution in [1.29, 1.82) is 0 Å². The molecule has 1 heteroatoms. The molecule has 0 aromatic heterocycles. The quantitative estimate of drug-likeness (QED) is 0.444. The molecule has 108 valence electrons. The van der Waals surface area contributed by atoms with Crippen molar-refractivity contribution < 1.29 is 0 Å². The predicted octanol–water partition coefficient (Wildman–Crippen LogP) is 5.76. The molecule has 0 amide bonds. The van der Waals surface area contributed by atoms with Crippen LogP contribution in [-0.2, 0) is 0 Å². The second-order valence-corrected chi connectivity index (χ2v) is 5.69. The molecule has 0 saturated heterocycles. The number of anilines is 1. The van der Waals surface area contributed by atoms with Gasteiger partial charge in [0.15, 0.2) is 0 Å². The maximum atomic E-state index is 6.19. The van der Waals surface area contributed by atoms with Crippen LogP contribution in [0.2, 0.25) is 0 Å². The van der Waals surface area contributed by atoms with Crippen molar-refractivity contribution in [3.63, 3.8) is 0 Å². The molecule has 0 heterocycles. The Morgan fingerprint density at radius 1 is 0.947 bits per heavy atom. The molecule has 1 unspecified atom stereocenters. The normalized spacial score (nSPS) is 14.3.